The monoisotopic (exact) mass is 390 g/mol. The summed E-state index contributed by atoms with van der Waals surface area (Å²) in [6.45, 7) is 0. The first-order valence-corrected chi connectivity index (χ1v) is 8.64. The molecule has 0 spiro atoms. The van der Waals surface area contributed by atoms with Crippen LogP contribution in [0.25, 0.3) is 11.3 Å². The Labute approximate surface area is 157 Å². The molecule has 1 amide bonds. The summed E-state index contributed by atoms with van der Waals surface area (Å²) in [6.07, 6.45) is 0. The lowest BCUT2D eigenvalue weighted by Crippen LogP contribution is -2.12. The second-order valence-electron chi connectivity index (χ2n) is 5.19. The molecular weight excluding hydrogens is 379 g/mol. The quantitative estimate of drug-likeness (QED) is 0.659. The first kappa shape index (κ1) is 18.0. The zero-order valence-electron chi connectivity index (χ0n) is 13.5. The molecule has 8 heteroatoms. The molecule has 0 aliphatic carbocycles. The highest BCUT2D eigenvalue weighted by molar-refractivity contribution is 7.14. The minimum atomic E-state index is -0.515. The highest BCUT2D eigenvalue weighted by atomic mass is 35.5. The summed E-state index contributed by atoms with van der Waals surface area (Å²) in [7, 11) is 1.32. The number of carbonyl (C=O) groups excluding carboxylic acids is 2. The molecule has 1 N–H and O–H groups in total. The van der Waals surface area contributed by atoms with Crippen molar-refractivity contribution in [2.24, 2.45) is 0 Å². The number of rotatable bonds is 4. The van der Waals surface area contributed by atoms with E-state index in [1.54, 1.807) is 29.6 Å². The largest absolute Gasteiger partial charge is 0.465 e. The number of aromatic nitrogens is 1. The van der Waals surface area contributed by atoms with Crippen LogP contribution < -0.4 is 5.32 Å². The molecule has 2 aromatic carbocycles. The van der Waals surface area contributed by atoms with Gasteiger partial charge in [-0.15, -0.1) is 11.3 Å². The second-order valence-corrected chi connectivity index (χ2v) is 6.45. The number of thiazole rings is 1. The summed E-state index contributed by atoms with van der Waals surface area (Å²) in [5.41, 5.74) is 2.03. The number of amides is 1. The van der Waals surface area contributed by atoms with Gasteiger partial charge in [0, 0.05) is 10.9 Å². The van der Waals surface area contributed by atoms with E-state index in [1.807, 2.05) is 0 Å². The Bertz CT molecular complexity index is 973. The maximum atomic E-state index is 13.1. The first-order chi connectivity index (χ1) is 12.5. The minimum Gasteiger partial charge on any atom is -0.465 e. The molecule has 3 rings (SSSR count). The van der Waals surface area contributed by atoms with E-state index in [0.717, 1.165) is 17.7 Å². The van der Waals surface area contributed by atoms with Gasteiger partial charge in [0.15, 0.2) is 5.13 Å². The molecule has 0 fully saturated rings. The van der Waals surface area contributed by atoms with Crippen LogP contribution in [0.1, 0.15) is 20.7 Å². The topological polar surface area (TPSA) is 68.3 Å². The van der Waals surface area contributed by atoms with E-state index in [-0.39, 0.29) is 10.6 Å². The molecule has 132 valence electrons. The van der Waals surface area contributed by atoms with Crippen LogP contribution in [0.3, 0.4) is 0 Å². The number of carbonyl (C=O) groups is 2. The molecule has 0 bridgehead atoms. The molecule has 5 nitrogen and oxygen atoms in total. The van der Waals surface area contributed by atoms with E-state index in [9.17, 15) is 14.0 Å². The van der Waals surface area contributed by atoms with Gasteiger partial charge in [-0.2, -0.15) is 0 Å². The van der Waals surface area contributed by atoms with Crippen molar-refractivity contribution in [3.05, 3.63) is 69.8 Å². The van der Waals surface area contributed by atoms with Crippen molar-refractivity contribution >= 4 is 39.9 Å². The number of hydrogen-bond acceptors (Lipinski definition) is 5. The Morgan fingerprint density at radius 3 is 2.58 bits per heavy atom. The third kappa shape index (κ3) is 3.89. The predicted molar refractivity (Wildman–Crippen MR) is 98.3 cm³/mol. The summed E-state index contributed by atoms with van der Waals surface area (Å²) in [6, 6.07) is 10.3. The van der Waals surface area contributed by atoms with Crippen LogP contribution in [-0.2, 0) is 4.74 Å². The molecule has 1 heterocycles. The SMILES string of the molecule is COC(=O)c1ccc(-c2csc(NC(=O)c3ccc(F)cc3Cl)n2)cc1. The lowest BCUT2D eigenvalue weighted by Gasteiger charge is -2.04. The van der Waals surface area contributed by atoms with E-state index < -0.39 is 17.7 Å². The third-order valence-corrected chi connectivity index (χ3v) is 4.57. The average molecular weight is 391 g/mol. The normalized spacial score (nSPS) is 10.4. The van der Waals surface area contributed by atoms with Gasteiger partial charge < -0.3 is 4.74 Å². The van der Waals surface area contributed by atoms with Crippen LogP contribution in [0.2, 0.25) is 5.02 Å². The van der Waals surface area contributed by atoms with Gasteiger partial charge in [-0.05, 0) is 30.3 Å². The number of anilines is 1. The molecule has 0 unspecified atom stereocenters. The molecule has 1 aromatic heterocycles. The van der Waals surface area contributed by atoms with E-state index in [0.29, 0.717) is 16.4 Å². The Morgan fingerprint density at radius 1 is 1.19 bits per heavy atom. The Kier molecular flexibility index (Phi) is 5.29. The predicted octanol–water partition coefficient (Wildman–Crippen LogP) is 4.64. The maximum Gasteiger partial charge on any atom is 0.337 e. The smallest absolute Gasteiger partial charge is 0.337 e. The summed E-state index contributed by atoms with van der Waals surface area (Å²) < 4.78 is 17.7. The number of benzene rings is 2. The van der Waals surface area contributed by atoms with Crippen molar-refractivity contribution in [3.63, 3.8) is 0 Å². The zero-order valence-corrected chi connectivity index (χ0v) is 15.0. The fourth-order valence-electron chi connectivity index (χ4n) is 2.20. The van der Waals surface area contributed by atoms with Crippen LogP contribution in [0.5, 0.6) is 0 Å². The van der Waals surface area contributed by atoms with Crippen LogP contribution in [0.4, 0.5) is 9.52 Å². The van der Waals surface area contributed by atoms with Crippen molar-refractivity contribution in [1.82, 2.24) is 4.98 Å². The number of esters is 1. The third-order valence-electron chi connectivity index (χ3n) is 3.50. The average Bonchev–Trinajstić information content (AvgIpc) is 3.09. The van der Waals surface area contributed by atoms with E-state index >= 15 is 0 Å². The molecule has 0 atom stereocenters. The summed E-state index contributed by atoms with van der Waals surface area (Å²) >= 11 is 7.13. The number of methoxy groups -OCH3 is 1. The van der Waals surface area contributed by atoms with Crippen molar-refractivity contribution in [3.8, 4) is 11.3 Å². The van der Waals surface area contributed by atoms with Crippen LogP contribution in [-0.4, -0.2) is 24.0 Å². The van der Waals surface area contributed by atoms with Gasteiger partial charge >= 0.3 is 5.97 Å². The summed E-state index contributed by atoms with van der Waals surface area (Å²) in [5.74, 6) is -1.41. The van der Waals surface area contributed by atoms with Crippen LogP contribution >= 0.6 is 22.9 Å². The van der Waals surface area contributed by atoms with Gasteiger partial charge in [0.25, 0.3) is 5.91 Å². The molecule has 0 saturated carbocycles. The van der Waals surface area contributed by atoms with E-state index in [2.05, 4.69) is 15.0 Å². The van der Waals surface area contributed by atoms with E-state index in [4.69, 9.17) is 11.6 Å². The van der Waals surface area contributed by atoms with Gasteiger partial charge in [0.2, 0.25) is 0 Å². The van der Waals surface area contributed by atoms with Crippen molar-refractivity contribution < 1.29 is 18.7 Å². The summed E-state index contributed by atoms with van der Waals surface area (Å²) in [5, 5.41) is 4.81. The molecular formula is C18H12ClFN2O3S. The number of halogens is 2. The van der Waals surface area contributed by atoms with Gasteiger partial charge in [-0.3, -0.25) is 10.1 Å². The van der Waals surface area contributed by atoms with Crippen molar-refractivity contribution in [1.29, 1.82) is 0 Å². The number of hydrogen-bond donors (Lipinski definition) is 1. The van der Waals surface area contributed by atoms with Crippen LogP contribution in [0.15, 0.2) is 47.8 Å². The summed E-state index contributed by atoms with van der Waals surface area (Å²) in [4.78, 5) is 28.0. The molecule has 0 aliphatic rings. The Hall–Kier alpha value is -2.77. The maximum absolute atomic E-state index is 13.1. The van der Waals surface area contributed by atoms with Crippen LogP contribution in [0, 0.1) is 5.82 Å². The van der Waals surface area contributed by atoms with Gasteiger partial charge in [0.05, 0.1) is 29.0 Å². The molecule has 0 radical (unpaired) electrons. The number of nitrogens with one attached hydrogen (secondary N) is 1. The molecule has 26 heavy (non-hydrogen) atoms. The van der Waals surface area contributed by atoms with Gasteiger partial charge in [-0.25, -0.2) is 14.2 Å². The Balaban J connectivity index is 1.75. The minimum absolute atomic E-state index is 0.0256. The fraction of sp³-hybridized carbons (Fsp3) is 0.0556. The molecule has 0 saturated heterocycles. The molecule has 0 aliphatic heterocycles. The van der Waals surface area contributed by atoms with Crippen molar-refractivity contribution in [2.45, 2.75) is 0 Å². The Morgan fingerprint density at radius 2 is 1.92 bits per heavy atom. The van der Waals surface area contributed by atoms with Gasteiger partial charge in [-0.1, -0.05) is 23.7 Å². The highest BCUT2D eigenvalue weighted by Gasteiger charge is 2.14. The number of ether oxygens (including phenoxy) is 1. The molecule has 3 aromatic rings. The van der Waals surface area contributed by atoms with Gasteiger partial charge in [0.1, 0.15) is 5.82 Å². The standard InChI is InChI=1S/C18H12ClFN2O3S/c1-25-17(24)11-4-2-10(3-5-11)15-9-26-18(21-15)22-16(23)13-7-6-12(20)8-14(13)19/h2-9H,1H3,(H,21,22,23). The zero-order chi connectivity index (χ0) is 18.7. The lowest BCUT2D eigenvalue weighted by molar-refractivity contribution is 0.0600. The van der Waals surface area contributed by atoms with E-state index in [1.165, 1.54) is 24.5 Å². The lowest BCUT2D eigenvalue weighted by atomic mass is 10.1. The second kappa shape index (κ2) is 7.63. The first-order valence-electron chi connectivity index (χ1n) is 7.38. The number of nitrogens with zero attached hydrogens (tertiary/aromatic N) is 1. The van der Waals surface area contributed by atoms with Crippen molar-refractivity contribution in [2.75, 3.05) is 12.4 Å². The highest BCUT2D eigenvalue weighted by Crippen LogP contribution is 2.26. The fourth-order valence-corrected chi connectivity index (χ4v) is 3.16.